The summed E-state index contributed by atoms with van der Waals surface area (Å²) in [4.78, 5) is 14.2. The molecule has 0 amide bonds. The Kier molecular flexibility index (Phi) is 4.47. The zero-order valence-corrected chi connectivity index (χ0v) is 17.2. The van der Waals surface area contributed by atoms with Crippen molar-refractivity contribution in [2.45, 2.75) is 18.9 Å². The number of aromatic nitrogens is 4. The van der Waals surface area contributed by atoms with Crippen molar-refractivity contribution in [2.24, 2.45) is 0 Å². The van der Waals surface area contributed by atoms with Crippen molar-refractivity contribution in [3.63, 3.8) is 0 Å². The molecule has 1 fully saturated rings. The van der Waals surface area contributed by atoms with E-state index in [1.807, 2.05) is 30.7 Å². The summed E-state index contributed by atoms with van der Waals surface area (Å²) in [6.07, 6.45) is 7.73. The average Bonchev–Trinajstić information content (AvgIpc) is 3.25. The lowest BCUT2D eigenvalue weighted by molar-refractivity contribution is 0.376. The zero-order valence-electron chi connectivity index (χ0n) is 17.2. The minimum atomic E-state index is 0.383. The first-order valence-electron chi connectivity index (χ1n) is 10.9. The standard InChI is InChI=1S/C26H23N5/c1-2-4-20-17-21(6-5-18(20)3-1)23-11-16-29-26-24(23)30-25(19-7-12-27-13-8-19)31(26)22-9-14-28-15-10-22/h1-8,11-13,16-17,22,28H,9-10,14-15H2. The molecule has 0 aliphatic carbocycles. The van der Waals surface area contributed by atoms with Crippen LogP contribution in [0.25, 0.3) is 44.5 Å². The number of nitrogens with one attached hydrogen (secondary N) is 1. The number of piperidine rings is 1. The Morgan fingerprint density at radius 2 is 1.61 bits per heavy atom. The van der Waals surface area contributed by atoms with Crippen molar-refractivity contribution in [3.8, 4) is 22.5 Å². The van der Waals surface area contributed by atoms with Gasteiger partial charge >= 0.3 is 0 Å². The predicted octanol–water partition coefficient (Wildman–Crippen LogP) is 5.24. The molecule has 2 aromatic carbocycles. The molecule has 5 aromatic rings. The quantitative estimate of drug-likeness (QED) is 0.446. The highest BCUT2D eigenvalue weighted by molar-refractivity contribution is 5.95. The van der Waals surface area contributed by atoms with Gasteiger partial charge in [0.15, 0.2) is 5.65 Å². The van der Waals surface area contributed by atoms with E-state index in [1.165, 1.54) is 16.3 Å². The lowest BCUT2D eigenvalue weighted by Gasteiger charge is -2.26. The van der Waals surface area contributed by atoms with E-state index in [1.54, 1.807) is 0 Å². The van der Waals surface area contributed by atoms with Crippen LogP contribution in [0.3, 0.4) is 0 Å². The van der Waals surface area contributed by atoms with E-state index in [9.17, 15) is 0 Å². The van der Waals surface area contributed by atoms with Gasteiger partial charge in [-0.3, -0.25) is 4.98 Å². The van der Waals surface area contributed by atoms with Crippen LogP contribution in [-0.4, -0.2) is 32.6 Å². The Labute approximate surface area is 180 Å². The van der Waals surface area contributed by atoms with Gasteiger partial charge < -0.3 is 9.88 Å². The van der Waals surface area contributed by atoms with Crippen molar-refractivity contribution in [1.82, 2.24) is 24.8 Å². The van der Waals surface area contributed by atoms with Gasteiger partial charge in [0.05, 0.1) is 0 Å². The Morgan fingerprint density at radius 3 is 2.45 bits per heavy atom. The van der Waals surface area contributed by atoms with Crippen LogP contribution in [0.5, 0.6) is 0 Å². The number of benzene rings is 2. The number of rotatable bonds is 3. The highest BCUT2D eigenvalue weighted by Gasteiger charge is 2.24. The molecule has 0 atom stereocenters. The molecule has 1 saturated heterocycles. The predicted molar refractivity (Wildman–Crippen MR) is 125 cm³/mol. The molecule has 4 heterocycles. The minimum Gasteiger partial charge on any atom is -0.317 e. The first-order valence-corrected chi connectivity index (χ1v) is 10.9. The molecule has 0 radical (unpaired) electrons. The maximum Gasteiger partial charge on any atom is 0.161 e. The highest BCUT2D eigenvalue weighted by Crippen LogP contribution is 2.36. The van der Waals surface area contributed by atoms with E-state index in [2.05, 4.69) is 63.4 Å². The summed E-state index contributed by atoms with van der Waals surface area (Å²) < 4.78 is 2.36. The molecular weight excluding hydrogens is 382 g/mol. The average molecular weight is 406 g/mol. The SMILES string of the molecule is c1ccc2cc(-c3ccnc4c3nc(-c3ccncc3)n4C3CCNCC3)ccc2c1. The largest absolute Gasteiger partial charge is 0.317 e. The van der Waals surface area contributed by atoms with Crippen molar-refractivity contribution >= 4 is 21.9 Å². The second-order valence-electron chi connectivity index (χ2n) is 8.12. The molecule has 6 rings (SSSR count). The van der Waals surface area contributed by atoms with E-state index in [4.69, 9.17) is 9.97 Å². The van der Waals surface area contributed by atoms with Crippen LogP contribution in [0.1, 0.15) is 18.9 Å². The van der Waals surface area contributed by atoms with Gasteiger partial charge in [-0.1, -0.05) is 36.4 Å². The second kappa shape index (κ2) is 7.60. The highest BCUT2D eigenvalue weighted by atomic mass is 15.2. The van der Waals surface area contributed by atoms with Gasteiger partial charge in [0.1, 0.15) is 11.3 Å². The molecule has 1 aliphatic rings. The van der Waals surface area contributed by atoms with E-state index < -0.39 is 0 Å². The van der Waals surface area contributed by atoms with E-state index in [0.29, 0.717) is 6.04 Å². The Morgan fingerprint density at radius 1 is 0.806 bits per heavy atom. The fraction of sp³-hybridized carbons (Fsp3) is 0.192. The molecule has 1 N–H and O–H groups in total. The summed E-state index contributed by atoms with van der Waals surface area (Å²) >= 11 is 0. The first kappa shape index (κ1) is 18.2. The van der Waals surface area contributed by atoms with Crippen molar-refractivity contribution in [3.05, 3.63) is 79.3 Å². The second-order valence-corrected chi connectivity index (χ2v) is 8.12. The summed E-state index contributed by atoms with van der Waals surface area (Å²) in [7, 11) is 0. The molecule has 152 valence electrons. The van der Waals surface area contributed by atoms with Gasteiger partial charge in [-0.2, -0.15) is 0 Å². The van der Waals surface area contributed by atoms with Gasteiger partial charge in [0, 0.05) is 35.8 Å². The molecule has 3 aromatic heterocycles. The Hall–Kier alpha value is -3.57. The fourth-order valence-electron chi connectivity index (χ4n) is 4.69. The van der Waals surface area contributed by atoms with Crippen LogP contribution >= 0.6 is 0 Å². The summed E-state index contributed by atoms with van der Waals surface area (Å²) in [5, 5.41) is 5.95. The Bertz CT molecular complexity index is 1370. The van der Waals surface area contributed by atoms with Crippen LogP contribution in [0.2, 0.25) is 0 Å². The van der Waals surface area contributed by atoms with Crippen LogP contribution in [-0.2, 0) is 0 Å². The molecule has 0 spiro atoms. The molecule has 31 heavy (non-hydrogen) atoms. The zero-order chi connectivity index (χ0) is 20.6. The molecular formula is C26H23N5. The smallest absolute Gasteiger partial charge is 0.161 e. The van der Waals surface area contributed by atoms with Gasteiger partial charge in [0.25, 0.3) is 0 Å². The Balaban J connectivity index is 1.59. The monoisotopic (exact) mass is 405 g/mol. The molecule has 0 bridgehead atoms. The number of pyridine rings is 2. The van der Waals surface area contributed by atoms with Crippen LogP contribution < -0.4 is 5.32 Å². The van der Waals surface area contributed by atoms with Gasteiger partial charge in [-0.25, -0.2) is 9.97 Å². The molecule has 0 saturated carbocycles. The van der Waals surface area contributed by atoms with Gasteiger partial charge in [-0.15, -0.1) is 0 Å². The number of fused-ring (bicyclic) bond motifs is 2. The van der Waals surface area contributed by atoms with Gasteiger partial charge in [0.2, 0.25) is 0 Å². The first-order chi connectivity index (χ1) is 15.4. The number of hydrogen-bond acceptors (Lipinski definition) is 4. The minimum absolute atomic E-state index is 0.383. The molecule has 5 nitrogen and oxygen atoms in total. The number of imidazole rings is 1. The van der Waals surface area contributed by atoms with Crippen molar-refractivity contribution < 1.29 is 0 Å². The lowest BCUT2D eigenvalue weighted by Crippen LogP contribution is -2.29. The third kappa shape index (κ3) is 3.18. The molecule has 0 unspecified atom stereocenters. The summed E-state index contributed by atoms with van der Waals surface area (Å²) in [5.41, 5.74) is 5.30. The van der Waals surface area contributed by atoms with E-state index >= 15 is 0 Å². The number of hydrogen-bond donors (Lipinski definition) is 1. The third-order valence-corrected chi connectivity index (χ3v) is 6.25. The fourth-order valence-corrected chi connectivity index (χ4v) is 4.69. The van der Waals surface area contributed by atoms with Crippen LogP contribution in [0.15, 0.2) is 79.3 Å². The van der Waals surface area contributed by atoms with E-state index in [-0.39, 0.29) is 0 Å². The number of nitrogens with zero attached hydrogens (tertiary/aromatic N) is 4. The summed E-state index contributed by atoms with van der Waals surface area (Å²) in [6, 6.07) is 21.6. The van der Waals surface area contributed by atoms with Crippen LogP contribution in [0, 0.1) is 0 Å². The molecule has 5 heteroatoms. The summed E-state index contributed by atoms with van der Waals surface area (Å²) in [6.45, 7) is 2.04. The van der Waals surface area contributed by atoms with Crippen LogP contribution in [0.4, 0.5) is 0 Å². The van der Waals surface area contributed by atoms with Crippen molar-refractivity contribution in [1.29, 1.82) is 0 Å². The maximum absolute atomic E-state index is 5.17. The third-order valence-electron chi connectivity index (χ3n) is 6.25. The van der Waals surface area contributed by atoms with Crippen molar-refractivity contribution in [2.75, 3.05) is 13.1 Å². The maximum atomic E-state index is 5.17. The molecule has 1 aliphatic heterocycles. The van der Waals surface area contributed by atoms with E-state index in [0.717, 1.165) is 54.0 Å². The summed E-state index contributed by atoms with van der Waals surface area (Å²) in [5.74, 6) is 0.977. The lowest BCUT2D eigenvalue weighted by atomic mass is 10.0. The van der Waals surface area contributed by atoms with Gasteiger partial charge in [-0.05, 0) is 66.5 Å². The topological polar surface area (TPSA) is 55.6 Å². The normalized spacial score (nSPS) is 15.0.